The summed E-state index contributed by atoms with van der Waals surface area (Å²) >= 11 is 0. The van der Waals surface area contributed by atoms with Gasteiger partial charge < -0.3 is 6.53 Å². The summed E-state index contributed by atoms with van der Waals surface area (Å²) in [7, 11) is 0. The zero-order valence-corrected chi connectivity index (χ0v) is 10.1. The monoisotopic (exact) mass is 194 g/mol. The predicted molar refractivity (Wildman–Crippen MR) is 54.7 cm³/mol. The molecule has 0 amide bonds. The van der Waals surface area contributed by atoms with Crippen LogP contribution in [0, 0.1) is 0 Å². The van der Waals surface area contributed by atoms with Gasteiger partial charge in [0, 0.05) is 0 Å². The first-order valence-electron chi connectivity index (χ1n) is 4.21. The molecular formula is C12H11NaO. The second-order valence-electron chi connectivity index (χ2n) is 2.91. The van der Waals surface area contributed by atoms with Crippen LogP contribution in [0.3, 0.4) is 0 Å². The molecule has 2 heteroatoms. The van der Waals surface area contributed by atoms with E-state index in [0.717, 1.165) is 5.56 Å². The second kappa shape index (κ2) is 5.20. The van der Waals surface area contributed by atoms with Gasteiger partial charge in [0.2, 0.25) is 0 Å². The van der Waals surface area contributed by atoms with Gasteiger partial charge in [0.25, 0.3) is 0 Å². The molecule has 1 N–H and O–H groups in total. The fraction of sp³-hybridized carbons (Fsp3) is 0. The molecule has 0 radical (unpaired) electrons. The molecular weight excluding hydrogens is 183 g/mol. The quantitative estimate of drug-likeness (QED) is 0.642. The number of phenolic OH excluding ortho intramolecular Hbond substituents is 1. The number of hydrogen-bond donors (Lipinski definition) is 1. The van der Waals surface area contributed by atoms with E-state index >= 15 is 0 Å². The van der Waals surface area contributed by atoms with Crippen molar-refractivity contribution in [1.29, 1.82) is 0 Å². The van der Waals surface area contributed by atoms with Gasteiger partial charge in [-0.15, -0.1) is 0 Å². The van der Waals surface area contributed by atoms with Crippen molar-refractivity contribution in [2.24, 2.45) is 0 Å². The molecule has 0 atom stereocenters. The second-order valence-corrected chi connectivity index (χ2v) is 2.91. The molecule has 0 aliphatic rings. The SMILES string of the molecule is Oc1ccc(-c2ccccc2)cc1.[H-].[Na+]. The molecule has 14 heavy (non-hydrogen) atoms. The maximum atomic E-state index is 9.10. The van der Waals surface area contributed by atoms with E-state index in [0.29, 0.717) is 5.75 Å². The van der Waals surface area contributed by atoms with Gasteiger partial charge in [0.1, 0.15) is 5.75 Å². The van der Waals surface area contributed by atoms with Crippen LogP contribution >= 0.6 is 0 Å². The fourth-order valence-corrected chi connectivity index (χ4v) is 1.28. The Bertz CT molecular complexity index is 386. The Labute approximate surface area is 107 Å². The minimum absolute atomic E-state index is 0. The van der Waals surface area contributed by atoms with Crippen molar-refractivity contribution in [3.63, 3.8) is 0 Å². The maximum Gasteiger partial charge on any atom is 1.00 e. The molecule has 0 bridgehead atoms. The summed E-state index contributed by atoms with van der Waals surface area (Å²) in [5, 5.41) is 9.10. The van der Waals surface area contributed by atoms with E-state index in [1.54, 1.807) is 12.1 Å². The first-order chi connectivity index (χ1) is 6.36. The van der Waals surface area contributed by atoms with Gasteiger partial charge in [-0.1, -0.05) is 42.5 Å². The molecule has 0 spiro atoms. The number of phenols is 1. The molecule has 0 aromatic heterocycles. The van der Waals surface area contributed by atoms with Gasteiger partial charge >= 0.3 is 29.6 Å². The summed E-state index contributed by atoms with van der Waals surface area (Å²) < 4.78 is 0. The van der Waals surface area contributed by atoms with Gasteiger partial charge in [-0.05, 0) is 23.3 Å². The Morgan fingerprint density at radius 2 is 1.21 bits per heavy atom. The molecule has 0 aliphatic carbocycles. The molecule has 0 aliphatic heterocycles. The van der Waals surface area contributed by atoms with E-state index in [2.05, 4.69) is 0 Å². The van der Waals surface area contributed by atoms with Crippen LogP contribution < -0.4 is 29.6 Å². The fourth-order valence-electron chi connectivity index (χ4n) is 1.28. The van der Waals surface area contributed by atoms with Crippen molar-refractivity contribution in [3.05, 3.63) is 54.6 Å². The predicted octanol–water partition coefficient (Wildman–Crippen LogP) is 0.176. The summed E-state index contributed by atoms with van der Waals surface area (Å²) in [5.74, 6) is 0.305. The third-order valence-electron chi connectivity index (χ3n) is 1.97. The largest absolute Gasteiger partial charge is 1.00 e. The van der Waals surface area contributed by atoms with Crippen LogP contribution in [0.15, 0.2) is 54.6 Å². The van der Waals surface area contributed by atoms with E-state index < -0.39 is 0 Å². The number of rotatable bonds is 1. The number of benzene rings is 2. The van der Waals surface area contributed by atoms with Gasteiger partial charge in [-0.3, -0.25) is 0 Å². The van der Waals surface area contributed by atoms with Gasteiger partial charge in [0.15, 0.2) is 0 Å². The topological polar surface area (TPSA) is 20.2 Å². The molecule has 2 aromatic rings. The number of aromatic hydroxyl groups is 1. The molecule has 66 valence electrons. The minimum atomic E-state index is 0. The first kappa shape index (κ1) is 11.3. The van der Waals surface area contributed by atoms with E-state index in [4.69, 9.17) is 5.11 Å². The Kier molecular flexibility index (Phi) is 4.21. The Hall–Kier alpha value is -0.760. The van der Waals surface area contributed by atoms with Crippen LogP contribution in [-0.2, 0) is 0 Å². The normalized spacial score (nSPS) is 9.14. The van der Waals surface area contributed by atoms with Crippen LogP contribution in [0.5, 0.6) is 5.75 Å². The summed E-state index contributed by atoms with van der Waals surface area (Å²) in [4.78, 5) is 0. The zero-order chi connectivity index (χ0) is 9.10. The van der Waals surface area contributed by atoms with Crippen LogP contribution in [0.4, 0.5) is 0 Å². The van der Waals surface area contributed by atoms with Crippen molar-refractivity contribution in [2.45, 2.75) is 0 Å². The molecule has 0 heterocycles. The summed E-state index contributed by atoms with van der Waals surface area (Å²) in [6.07, 6.45) is 0. The van der Waals surface area contributed by atoms with Crippen molar-refractivity contribution < 1.29 is 36.1 Å². The molecule has 2 rings (SSSR count). The van der Waals surface area contributed by atoms with E-state index in [1.807, 2.05) is 42.5 Å². The smallest absolute Gasteiger partial charge is 1.00 e. The molecule has 1 nitrogen and oxygen atoms in total. The van der Waals surface area contributed by atoms with Crippen molar-refractivity contribution >= 4 is 0 Å². The Balaban J connectivity index is 0.000000980. The van der Waals surface area contributed by atoms with Gasteiger partial charge in [-0.25, -0.2) is 0 Å². The standard InChI is InChI=1S/C12H10O.Na.H/c13-12-8-6-11(7-9-12)10-4-2-1-3-5-10;;/h1-9,13H;;/q;+1;-1. The van der Waals surface area contributed by atoms with Gasteiger partial charge in [-0.2, -0.15) is 0 Å². The molecule has 0 unspecified atom stereocenters. The molecule has 0 saturated carbocycles. The van der Waals surface area contributed by atoms with E-state index in [1.165, 1.54) is 5.56 Å². The van der Waals surface area contributed by atoms with E-state index in [-0.39, 0.29) is 31.0 Å². The van der Waals surface area contributed by atoms with Crippen LogP contribution in [0.2, 0.25) is 0 Å². The van der Waals surface area contributed by atoms with Crippen LogP contribution in [-0.4, -0.2) is 5.11 Å². The average Bonchev–Trinajstić information content (AvgIpc) is 2.20. The molecule has 0 saturated heterocycles. The molecule has 2 aromatic carbocycles. The zero-order valence-electron chi connectivity index (χ0n) is 9.14. The summed E-state index contributed by atoms with van der Waals surface area (Å²) in [6.45, 7) is 0. The number of hydrogen-bond acceptors (Lipinski definition) is 1. The van der Waals surface area contributed by atoms with E-state index in [9.17, 15) is 0 Å². The first-order valence-corrected chi connectivity index (χ1v) is 4.21. The summed E-state index contributed by atoms with van der Waals surface area (Å²) in [6, 6.07) is 17.3. The van der Waals surface area contributed by atoms with Crippen LogP contribution in [0.25, 0.3) is 11.1 Å². The van der Waals surface area contributed by atoms with Gasteiger partial charge in [0.05, 0.1) is 0 Å². The van der Waals surface area contributed by atoms with Crippen molar-refractivity contribution in [1.82, 2.24) is 0 Å². The molecule has 0 fully saturated rings. The maximum absolute atomic E-state index is 9.10. The van der Waals surface area contributed by atoms with Crippen LogP contribution in [0.1, 0.15) is 1.43 Å². The summed E-state index contributed by atoms with van der Waals surface area (Å²) in [5.41, 5.74) is 2.29. The Morgan fingerprint density at radius 3 is 1.79 bits per heavy atom. The Morgan fingerprint density at radius 1 is 0.714 bits per heavy atom. The van der Waals surface area contributed by atoms with Crippen molar-refractivity contribution in [3.8, 4) is 16.9 Å². The average molecular weight is 194 g/mol. The third-order valence-corrected chi connectivity index (χ3v) is 1.97. The van der Waals surface area contributed by atoms with Crippen molar-refractivity contribution in [2.75, 3.05) is 0 Å². The minimum Gasteiger partial charge on any atom is -1.00 e. The third kappa shape index (κ3) is 2.61.